The number of hydrogen-bond acceptors (Lipinski definition) is 1. The van der Waals surface area contributed by atoms with Crippen molar-refractivity contribution in [2.24, 2.45) is 0 Å². The van der Waals surface area contributed by atoms with E-state index in [9.17, 15) is 4.79 Å². The number of benzene rings is 1. The highest BCUT2D eigenvalue weighted by molar-refractivity contribution is 6.30. The van der Waals surface area contributed by atoms with Crippen LogP contribution < -0.4 is 22.6 Å². The molecule has 0 aliphatic heterocycles. The highest BCUT2D eigenvalue weighted by Crippen LogP contribution is 2.12. The Bertz CT molecular complexity index is 337. The molecule has 0 saturated heterocycles. The zero-order valence-corrected chi connectivity index (χ0v) is 11.6. The minimum absolute atomic E-state index is 0. The highest BCUT2D eigenvalue weighted by Gasteiger charge is 2.10. The van der Waals surface area contributed by atoms with E-state index in [2.05, 4.69) is 19.2 Å². The molecule has 0 aliphatic carbocycles. The van der Waals surface area contributed by atoms with Gasteiger partial charge >= 0.3 is 0 Å². The molecule has 0 aromatic heterocycles. The SMILES string of the molecule is CC[NH+](CC)CC(=O)Nc1ccc(Cl)cc1.[Cl-]. The quantitative estimate of drug-likeness (QED) is 0.655. The van der Waals surface area contributed by atoms with Crippen molar-refractivity contribution in [1.29, 1.82) is 0 Å². The Hall–Kier alpha value is -0.770. The van der Waals surface area contributed by atoms with Crippen molar-refractivity contribution in [2.45, 2.75) is 13.8 Å². The third kappa shape index (κ3) is 5.91. The number of likely N-dealkylation sites (N-methyl/N-ethyl adjacent to an activating group) is 1. The lowest BCUT2D eigenvalue weighted by molar-refractivity contribution is -0.888. The third-order valence-electron chi connectivity index (χ3n) is 2.54. The number of nitrogens with one attached hydrogen (secondary N) is 2. The van der Waals surface area contributed by atoms with Crippen molar-refractivity contribution in [1.82, 2.24) is 0 Å². The van der Waals surface area contributed by atoms with Crippen molar-refractivity contribution in [3.05, 3.63) is 29.3 Å². The second-order valence-electron chi connectivity index (χ2n) is 3.69. The summed E-state index contributed by atoms with van der Waals surface area (Å²) in [5, 5.41) is 3.52. The minimum atomic E-state index is 0. The number of rotatable bonds is 5. The number of carbonyl (C=O) groups is 1. The molecule has 0 bridgehead atoms. The molecule has 0 fully saturated rings. The van der Waals surface area contributed by atoms with E-state index >= 15 is 0 Å². The molecule has 0 radical (unpaired) electrons. The zero-order valence-electron chi connectivity index (χ0n) is 10.1. The van der Waals surface area contributed by atoms with Crippen LogP contribution in [0.2, 0.25) is 5.02 Å². The van der Waals surface area contributed by atoms with Crippen LogP contribution in [0.3, 0.4) is 0 Å². The number of quaternary nitrogens is 1. The summed E-state index contributed by atoms with van der Waals surface area (Å²) in [6.45, 7) is 6.59. The predicted octanol–water partition coefficient (Wildman–Crippen LogP) is -1.79. The van der Waals surface area contributed by atoms with E-state index in [0.717, 1.165) is 18.8 Å². The van der Waals surface area contributed by atoms with Gasteiger partial charge in [0.05, 0.1) is 13.1 Å². The van der Waals surface area contributed by atoms with Gasteiger partial charge in [-0.2, -0.15) is 0 Å². The Morgan fingerprint density at radius 3 is 2.24 bits per heavy atom. The Kier molecular flexibility index (Phi) is 7.96. The molecule has 1 aromatic carbocycles. The van der Waals surface area contributed by atoms with Crippen LogP contribution in [0.15, 0.2) is 24.3 Å². The van der Waals surface area contributed by atoms with Crippen LogP contribution in [0.5, 0.6) is 0 Å². The lowest BCUT2D eigenvalue weighted by Crippen LogP contribution is -3.12. The summed E-state index contributed by atoms with van der Waals surface area (Å²) in [5.41, 5.74) is 0.793. The number of hydrogen-bond donors (Lipinski definition) is 2. The van der Waals surface area contributed by atoms with Crippen LogP contribution in [-0.4, -0.2) is 25.5 Å². The van der Waals surface area contributed by atoms with Gasteiger partial charge in [0.25, 0.3) is 5.91 Å². The van der Waals surface area contributed by atoms with Gasteiger partial charge in [0, 0.05) is 10.7 Å². The monoisotopic (exact) mass is 276 g/mol. The van der Waals surface area contributed by atoms with Crippen LogP contribution in [-0.2, 0) is 4.79 Å². The maximum absolute atomic E-state index is 11.7. The molecule has 0 unspecified atom stereocenters. The van der Waals surface area contributed by atoms with Crippen molar-refractivity contribution in [3.8, 4) is 0 Å². The first kappa shape index (κ1) is 16.2. The van der Waals surface area contributed by atoms with Gasteiger partial charge < -0.3 is 22.6 Å². The van der Waals surface area contributed by atoms with Crippen LogP contribution in [0, 0.1) is 0 Å². The molecule has 1 rings (SSSR count). The topological polar surface area (TPSA) is 33.5 Å². The summed E-state index contributed by atoms with van der Waals surface area (Å²) in [4.78, 5) is 12.9. The molecule has 0 spiro atoms. The summed E-state index contributed by atoms with van der Waals surface area (Å²) >= 11 is 5.76. The smallest absolute Gasteiger partial charge is 0.279 e. The lowest BCUT2D eigenvalue weighted by Gasteiger charge is -2.14. The van der Waals surface area contributed by atoms with E-state index in [-0.39, 0.29) is 18.3 Å². The minimum Gasteiger partial charge on any atom is -1.00 e. The van der Waals surface area contributed by atoms with E-state index in [0.29, 0.717) is 11.6 Å². The van der Waals surface area contributed by atoms with Gasteiger partial charge in [-0.25, -0.2) is 0 Å². The summed E-state index contributed by atoms with van der Waals surface area (Å²) in [7, 11) is 0. The molecule has 1 amide bonds. The molecule has 0 atom stereocenters. The van der Waals surface area contributed by atoms with Gasteiger partial charge in [-0.1, -0.05) is 11.6 Å². The van der Waals surface area contributed by atoms with Crippen molar-refractivity contribution in [2.75, 3.05) is 25.0 Å². The average Bonchev–Trinajstić information content (AvgIpc) is 2.29. The van der Waals surface area contributed by atoms with Gasteiger partial charge in [-0.3, -0.25) is 4.79 Å². The van der Waals surface area contributed by atoms with Crippen LogP contribution in [0.25, 0.3) is 0 Å². The normalized spacial score (nSPS) is 9.88. The van der Waals surface area contributed by atoms with E-state index in [1.807, 2.05) is 0 Å². The largest absolute Gasteiger partial charge is 1.00 e. The molecule has 1 aromatic rings. The fourth-order valence-electron chi connectivity index (χ4n) is 1.47. The second kappa shape index (κ2) is 8.34. The van der Waals surface area contributed by atoms with Gasteiger partial charge in [-0.15, -0.1) is 0 Å². The summed E-state index contributed by atoms with van der Waals surface area (Å²) < 4.78 is 0. The summed E-state index contributed by atoms with van der Waals surface area (Å²) in [6.07, 6.45) is 0. The molecular weight excluding hydrogens is 259 g/mol. The van der Waals surface area contributed by atoms with E-state index < -0.39 is 0 Å². The number of carbonyl (C=O) groups excluding carboxylic acids is 1. The predicted molar refractivity (Wildman–Crippen MR) is 67.0 cm³/mol. The summed E-state index contributed by atoms with van der Waals surface area (Å²) in [6, 6.07) is 7.14. The zero-order chi connectivity index (χ0) is 12.0. The Labute approximate surface area is 114 Å². The fourth-order valence-corrected chi connectivity index (χ4v) is 1.59. The van der Waals surface area contributed by atoms with E-state index in [1.54, 1.807) is 24.3 Å². The van der Waals surface area contributed by atoms with E-state index in [1.165, 1.54) is 4.90 Å². The number of amides is 1. The molecule has 17 heavy (non-hydrogen) atoms. The van der Waals surface area contributed by atoms with Gasteiger partial charge in [-0.05, 0) is 38.1 Å². The van der Waals surface area contributed by atoms with Crippen LogP contribution in [0.4, 0.5) is 5.69 Å². The summed E-state index contributed by atoms with van der Waals surface area (Å²) in [5.74, 6) is 0.0426. The number of anilines is 1. The third-order valence-corrected chi connectivity index (χ3v) is 2.79. The van der Waals surface area contributed by atoms with Crippen molar-refractivity contribution < 1.29 is 22.1 Å². The Morgan fingerprint density at radius 1 is 1.24 bits per heavy atom. The molecule has 0 heterocycles. The van der Waals surface area contributed by atoms with Crippen LogP contribution in [0.1, 0.15) is 13.8 Å². The maximum Gasteiger partial charge on any atom is 0.279 e. The molecule has 0 aliphatic rings. The van der Waals surface area contributed by atoms with E-state index in [4.69, 9.17) is 11.6 Å². The molecule has 5 heteroatoms. The first-order valence-electron chi connectivity index (χ1n) is 5.54. The lowest BCUT2D eigenvalue weighted by atomic mass is 10.3. The maximum atomic E-state index is 11.7. The molecular formula is C12H18Cl2N2O. The standard InChI is InChI=1S/C12H17ClN2O.ClH/c1-3-15(4-2)9-12(16)14-11-7-5-10(13)6-8-11;/h5-8H,3-4,9H2,1-2H3,(H,14,16);1H. The first-order valence-corrected chi connectivity index (χ1v) is 5.92. The number of halogens is 2. The Morgan fingerprint density at radius 2 is 1.76 bits per heavy atom. The first-order chi connectivity index (χ1) is 7.65. The molecule has 0 saturated carbocycles. The van der Waals surface area contributed by atoms with Crippen molar-refractivity contribution >= 4 is 23.2 Å². The average molecular weight is 277 g/mol. The van der Waals surface area contributed by atoms with Gasteiger partial charge in [0.2, 0.25) is 0 Å². The fraction of sp³-hybridized carbons (Fsp3) is 0.417. The second-order valence-corrected chi connectivity index (χ2v) is 4.13. The molecule has 96 valence electrons. The highest BCUT2D eigenvalue weighted by atomic mass is 35.5. The molecule has 3 nitrogen and oxygen atoms in total. The van der Waals surface area contributed by atoms with Gasteiger partial charge in [0.15, 0.2) is 6.54 Å². The van der Waals surface area contributed by atoms with Crippen LogP contribution >= 0.6 is 11.6 Å². The van der Waals surface area contributed by atoms with Crippen molar-refractivity contribution in [3.63, 3.8) is 0 Å². The van der Waals surface area contributed by atoms with Gasteiger partial charge in [0.1, 0.15) is 0 Å². The Balaban J connectivity index is 0.00000256. The molecule has 2 N–H and O–H groups in total.